The molecule has 2 aromatic rings. The number of nitriles is 1. The van der Waals surface area contributed by atoms with Gasteiger partial charge >= 0.3 is 0 Å². The molecular weight excluding hydrogens is 426 g/mol. The number of hydrogen-bond acceptors (Lipinski definition) is 6. The number of likely N-dealkylation sites (tertiary alicyclic amines) is 1. The van der Waals surface area contributed by atoms with Gasteiger partial charge in [-0.25, -0.2) is 13.1 Å². The summed E-state index contributed by atoms with van der Waals surface area (Å²) in [5.41, 5.74) is 1.72. The Labute approximate surface area is 183 Å². The first-order valence-electron chi connectivity index (χ1n) is 9.53. The lowest BCUT2D eigenvalue weighted by Crippen LogP contribution is -2.34. The lowest BCUT2D eigenvalue weighted by atomic mass is 9.86. The van der Waals surface area contributed by atoms with Crippen LogP contribution < -0.4 is 14.2 Å². The predicted molar refractivity (Wildman–Crippen MR) is 115 cm³/mol. The number of halogens is 1. The fourth-order valence-corrected chi connectivity index (χ4v) is 5.10. The van der Waals surface area contributed by atoms with Crippen molar-refractivity contribution in [3.05, 3.63) is 53.6 Å². The van der Waals surface area contributed by atoms with E-state index in [1.165, 1.54) is 12.1 Å². The van der Waals surface area contributed by atoms with Crippen LogP contribution in [-0.4, -0.2) is 53.2 Å². The Balaban J connectivity index is 0.00000256. The summed E-state index contributed by atoms with van der Waals surface area (Å²) in [6.07, 6.45) is 0. The Morgan fingerprint density at radius 2 is 2.00 bits per heavy atom. The Morgan fingerprint density at radius 3 is 2.70 bits per heavy atom. The number of ether oxygens (including phenoxy) is 2. The van der Waals surface area contributed by atoms with E-state index < -0.39 is 10.0 Å². The molecule has 7 nitrogen and oxygen atoms in total. The van der Waals surface area contributed by atoms with Gasteiger partial charge in [-0.05, 0) is 42.5 Å². The molecule has 2 atom stereocenters. The van der Waals surface area contributed by atoms with Crippen LogP contribution >= 0.6 is 12.4 Å². The van der Waals surface area contributed by atoms with Crippen molar-refractivity contribution in [2.45, 2.75) is 10.8 Å². The molecule has 0 spiro atoms. The van der Waals surface area contributed by atoms with Crippen molar-refractivity contribution >= 4 is 22.4 Å². The second kappa shape index (κ2) is 9.23. The van der Waals surface area contributed by atoms with Crippen LogP contribution in [0.5, 0.6) is 11.5 Å². The summed E-state index contributed by atoms with van der Waals surface area (Å²) in [6.45, 7) is 3.29. The summed E-state index contributed by atoms with van der Waals surface area (Å²) in [7, 11) is -2.01. The van der Waals surface area contributed by atoms with E-state index in [2.05, 4.69) is 15.7 Å². The molecule has 4 rings (SSSR count). The van der Waals surface area contributed by atoms with Crippen molar-refractivity contribution in [1.29, 1.82) is 5.26 Å². The molecule has 2 heterocycles. The summed E-state index contributed by atoms with van der Waals surface area (Å²) in [5, 5.41) is 9.17. The van der Waals surface area contributed by atoms with Crippen molar-refractivity contribution < 1.29 is 17.9 Å². The van der Waals surface area contributed by atoms with Crippen molar-refractivity contribution in [2.75, 3.05) is 39.9 Å². The molecule has 2 aliphatic heterocycles. The topological polar surface area (TPSA) is 91.7 Å². The molecule has 30 heavy (non-hydrogen) atoms. The maximum atomic E-state index is 12.5. The Kier molecular flexibility index (Phi) is 6.88. The van der Waals surface area contributed by atoms with E-state index in [1.807, 2.05) is 12.1 Å². The number of hydrogen-bond donors (Lipinski definition) is 1. The SMILES string of the molecule is COc1ccc(S(=O)(=O)NCCN2C[C@H]3COc4ccc(C#N)cc4[C@@H]3C2)cc1.Cl. The molecule has 0 aromatic heterocycles. The number of nitrogens with zero attached hydrogens (tertiary/aromatic N) is 2. The van der Waals surface area contributed by atoms with Crippen LogP contribution in [0.2, 0.25) is 0 Å². The van der Waals surface area contributed by atoms with Gasteiger partial charge in [0.25, 0.3) is 0 Å². The van der Waals surface area contributed by atoms with E-state index in [1.54, 1.807) is 25.3 Å². The first-order chi connectivity index (χ1) is 14.0. The van der Waals surface area contributed by atoms with E-state index in [-0.39, 0.29) is 17.3 Å². The third-order valence-corrected chi connectivity index (χ3v) is 7.07. The van der Waals surface area contributed by atoms with Gasteiger partial charge in [-0.1, -0.05) is 0 Å². The zero-order valence-electron chi connectivity index (χ0n) is 16.6. The van der Waals surface area contributed by atoms with Gasteiger partial charge in [0.15, 0.2) is 0 Å². The lowest BCUT2D eigenvalue weighted by Gasteiger charge is -2.27. The first kappa shape index (κ1) is 22.4. The maximum Gasteiger partial charge on any atom is 0.240 e. The van der Waals surface area contributed by atoms with Crippen LogP contribution in [0, 0.1) is 17.2 Å². The number of sulfonamides is 1. The molecule has 2 aromatic carbocycles. The molecule has 2 aliphatic rings. The Hall–Kier alpha value is -2.31. The standard InChI is InChI=1S/C21H23N3O4S.ClH/c1-27-17-3-5-18(6-4-17)29(25,26)23-8-9-24-12-16-14-28-21-7-2-15(11-22)10-19(21)20(16)13-24;/h2-7,10,16,20,23H,8-9,12-14H2,1H3;1H/t16-,20+;/m0./s1. The number of fused-ring (bicyclic) bond motifs is 3. The normalized spacial score (nSPS) is 20.3. The smallest absolute Gasteiger partial charge is 0.240 e. The number of rotatable bonds is 6. The van der Waals surface area contributed by atoms with Crippen molar-refractivity contribution in [3.63, 3.8) is 0 Å². The molecule has 1 N–H and O–H groups in total. The average molecular weight is 450 g/mol. The van der Waals surface area contributed by atoms with Gasteiger partial charge in [0, 0.05) is 43.6 Å². The van der Waals surface area contributed by atoms with Crippen LogP contribution in [-0.2, 0) is 10.0 Å². The van der Waals surface area contributed by atoms with Crippen molar-refractivity contribution in [3.8, 4) is 17.6 Å². The molecule has 0 saturated carbocycles. The largest absolute Gasteiger partial charge is 0.497 e. The lowest BCUT2D eigenvalue weighted by molar-refractivity contribution is 0.213. The Morgan fingerprint density at radius 1 is 1.23 bits per heavy atom. The van der Waals surface area contributed by atoms with Crippen LogP contribution in [0.15, 0.2) is 47.4 Å². The van der Waals surface area contributed by atoms with Crippen molar-refractivity contribution in [1.82, 2.24) is 9.62 Å². The molecule has 0 radical (unpaired) electrons. The number of benzene rings is 2. The summed E-state index contributed by atoms with van der Waals surface area (Å²) in [6, 6.07) is 14.1. The van der Waals surface area contributed by atoms with Crippen molar-refractivity contribution in [2.24, 2.45) is 5.92 Å². The van der Waals surface area contributed by atoms with Gasteiger partial charge in [-0.2, -0.15) is 5.26 Å². The summed E-state index contributed by atoms with van der Waals surface area (Å²) < 4.78 is 38.5. The minimum atomic E-state index is -3.55. The highest BCUT2D eigenvalue weighted by Crippen LogP contribution is 2.41. The van der Waals surface area contributed by atoms with E-state index in [9.17, 15) is 13.7 Å². The zero-order valence-corrected chi connectivity index (χ0v) is 18.2. The number of methoxy groups -OCH3 is 1. The highest BCUT2D eigenvalue weighted by molar-refractivity contribution is 7.89. The predicted octanol–water partition coefficient (Wildman–Crippen LogP) is 2.37. The molecule has 0 bridgehead atoms. The quantitative estimate of drug-likeness (QED) is 0.728. The minimum Gasteiger partial charge on any atom is -0.497 e. The van der Waals surface area contributed by atoms with E-state index in [0.29, 0.717) is 42.8 Å². The van der Waals surface area contributed by atoms with Gasteiger partial charge in [0.05, 0.1) is 30.2 Å². The van der Waals surface area contributed by atoms with Gasteiger partial charge in [0.2, 0.25) is 10.0 Å². The molecular formula is C21H24ClN3O4S. The third kappa shape index (κ3) is 4.55. The molecule has 0 aliphatic carbocycles. The fraction of sp³-hybridized carbons (Fsp3) is 0.381. The molecule has 0 unspecified atom stereocenters. The Bertz CT molecular complexity index is 1040. The first-order valence-corrected chi connectivity index (χ1v) is 11.0. The van der Waals surface area contributed by atoms with Crippen LogP contribution in [0.4, 0.5) is 0 Å². The van der Waals surface area contributed by atoms with Gasteiger partial charge < -0.3 is 14.4 Å². The average Bonchev–Trinajstić information content (AvgIpc) is 3.16. The van der Waals surface area contributed by atoms with E-state index in [0.717, 1.165) is 24.4 Å². The second-order valence-electron chi connectivity index (χ2n) is 7.37. The maximum absolute atomic E-state index is 12.5. The summed E-state index contributed by atoms with van der Waals surface area (Å²) in [5.74, 6) is 2.14. The van der Waals surface area contributed by atoms with Gasteiger partial charge in [0.1, 0.15) is 11.5 Å². The van der Waals surface area contributed by atoms with Crippen LogP contribution in [0.25, 0.3) is 0 Å². The molecule has 160 valence electrons. The third-order valence-electron chi connectivity index (χ3n) is 5.60. The molecule has 1 fully saturated rings. The summed E-state index contributed by atoms with van der Waals surface area (Å²) in [4.78, 5) is 2.48. The highest BCUT2D eigenvalue weighted by atomic mass is 35.5. The van der Waals surface area contributed by atoms with E-state index >= 15 is 0 Å². The van der Waals surface area contributed by atoms with Gasteiger partial charge in [-0.3, -0.25) is 0 Å². The molecule has 9 heteroatoms. The van der Waals surface area contributed by atoms with E-state index in [4.69, 9.17) is 9.47 Å². The summed E-state index contributed by atoms with van der Waals surface area (Å²) >= 11 is 0. The fourth-order valence-electron chi connectivity index (χ4n) is 4.08. The van der Waals surface area contributed by atoms with Crippen LogP contribution in [0.1, 0.15) is 17.0 Å². The second-order valence-corrected chi connectivity index (χ2v) is 9.14. The zero-order chi connectivity index (χ0) is 20.4. The number of nitrogens with one attached hydrogen (secondary N) is 1. The van der Waals surface area contributed by atoms with Gasteiger partial charge in [-0.15, -0.1) is 12.4 Å². The molecule has 0 amide bonds. The highest BCUT2D eigenvalue weighted by Gasteiger charge is 2.38. The molecule has 1 saturated heterocycles. The monoisotopic (exact) mass is 449 g/mol. The minimum absolute atomic E-state index is 0. The van der Waals surface area contributed by atoms with Crippen LogP contribution in [0.3, 0.4) is 0 Å².